The molecule has 1 atom stereocenters. The summed E-state index contributed by atoms with van der Waals surface area (Å²) in [6, 6.07) is 10.6. The van der Waals surface area contributed by atoms with Gasteiger partial charge in [-0.15, -0.1) is 11.6 Å². The summed E-state index contributed by atoms with van der Waals surface area (Å²) in [5.41, 5.74) is 2.13. The highest BCUT2D eigenvalue weighted by Gasteiger charge is 2.30. The summed E-state index contributed by atoms with van der Waals surface area (Å²) < 4.78 is 19.9. The molecule has 2 aromatic rings. The molecule has 1 heterocycles. The maximum Gasteiger partial charge on any atom is 0.146 e. The van der Waals surface area contributed by atoms with Gasteiger partial charge >= 0.3 is 0 Å². The van der Waals surface area contributed by atoms with Crippen LogP contribution in [-0.4, -0.2) is 5.60 Å². The topological polar surface area (TPSA) is 9.23 Å². The van der Waals surface area contributed by atoms with Crippen molar-refractivity contribution in [2.24, 2.45) is 0 Å². The second kappa shape index (κ2) is 5.19. The van der Waals surface area contributed by atoms with E-state index >= 15 is 0 Å². The van der Waals surface area contributed by atoms with Crippen LogP contribution in [0.15, 0.2) is 36.4 Å². The Balaban J connectivity index is 1.97. The van der Waals surface area contributed by atoms with Crippen LogP contribution in [0.5, 0.6) is 5.75 Å². The third-order valence-electron chi connectivity index (χ3n) is 3.63. The minimum Gasteiger partial charge on any atom is -0.487 e. The number of halogens is 3. The van der Waals surface area contributed by atoms with Gasteiger partial charge in [0.1, 0.15) is 17.2 Å². The van der Waals surface area contributed by atoms with Crippen LogP contribution in [0, 0.1) is 5.82 Å². The van der Waals surface area contributed by atoms with E-state index < -0.39 is 11.2 Å². The predicted octanol–water partition coefficient (Wildman–Crippen LogP) is 5.52. The van der Waals surface area contributed by atoms with Gasteiger partial charge in [0.15, 0.2) is 0 Å². The Labute approximate surface area is 133 Å². The largest absolute Gasteiger partial charge is 0.487 e. The van der Waals surface area contributed by atoms with Gasteiger partial charge in [0, 0.05) is 12.0 Å². The molecule has 1 unspecified atom stereocenters. The molecular weight excluding hydrogens is 310 g/mol. The van der Waals surface area contributed by atoms with E-state index in [-0.39, 0.29) is 10.6 Å². The van der Waals surface area contributed by atoms with Crippen molar-refractivity contribution in [3.8, 4) is 5.75 Å². The highest BCUT2D eigenvalue weighted by molar-refractivity contribution is 6.31. The molecule has 0 aromatic heterocycles. The van der Waals surface area contributed by atoms with E-state index in [9.17, 15) is 4.39 Å². The van der Waals surface area contributed by atoms with Crippen molar-refractivity contribution in [2.75, 3.05) is 0 Å². The van der Waals surface area contributed by atoms with Crippen molar-refractivity contribution >= 4 is 23.2 Å². The number of rotatable bonds is 2. The summed E-state index contributed by atoms with van der Waals surface area (Å²) in [7, 11) is 0. The van der Waals surface area contributed by atoms with E-state index in [0.29, 0.717) is 5.56 Å². The molecule has 0 fully saturated rings. The van der Waals surface area contributed by atoms with Crippen LogP contribution in [0.25, 0.3) is 0 Å². The Morgan fingerprint density at radius 3 is 2.76 bits per heavy atom. The molecule has 110 valence electrons. The zero-order valence-electron chi connectivity index (χ0n) is 11.8. The Bertz CT molecular complexity index is 697. The van der Waals surface area contributed by atoms with Crippen molar-refractivity contribution in [1.29, 1.82) is 0 Å². The maximum absolute atomic E-state index is 14.1. The Kier molecular flexibility index (Phi) is 3.62. The van der Waals surface area contributed by atoms with Gasteiger partial charge in [-0.2, -0.15) is 0 Å². The molecule has 1 nitrogen and oxygen atoms in total. The standard InChI is InChI=1S/C17H15Cl2FO/c1-17(2)9-11-8-10(6-7-14(11)21-17)15(19)12-4-3-5-13(18)16(12)20/h3-8,15H,9H2,1-2H3. The molecule has 0 bridgehead atoms. The molecule has 0 saturated heterocycles. The molecule has 0 N–H and O–H groups in total. The lowest BCUT2D eigenvalue weighted by atomic mass is 9.97. The minimum atomic E-state index is -0.572. The summed E-state index contributed by atoms with van der Waals surface area (Å²) in [6.45, 7) is 4.09. The second-order valence-corrected chi connectivity index (χ2v) is 6.75. The van der Waals surface area contributed by atoms with Gasteiger partial charge in [0.2, 0.25) is 0 Å². The van der Waals surface area contributed by atoms with Gasteiger partial charge < -0.3 is 4.74 Å². The molecular formula is C17H15Cl2FO. The number of ether oxygens (including phenoxy) is 1. The van der Waals surface area contributed by atoms with E-state index in [2.05, 4.69) is 0 Å². The number of hydrogen-bond donors (Lipinski definition) is 0. The number of fused-ring (bicyclic) bond motifs is 1. The van der Waals surface area contributed by atoms with Crippen molar-refractivity contribution in [3.05, 3.63) is 63.9 Å². The quantitative estimate of drug-likeness (QED) is 0.661. The minimum absolute atomic E-state index is 0.0868. The van der Waals surface area contributed by atoms with E-state index in [1.807, 2.05) is 32.0 Å². The van der Waals surface area contributed by atoms with Crippen LogP contribution < -0.4 is 4.74 Å². The van der Waals surface area contributed by atoms with Crippen LogP contribution in [0.2, 0.25) is 5.02 Å². The van der Waals surface area contributed by atoms with Crippen molar-refractivity contribution in [2.45, 2.75) is 31.2 Å². The molecule has 0 radical (unpaired) electrons. The van der Waals surface area contributed by atoms with E-state index in [4.69, 9.17) is 27.9 Å². The van der Waals surface area contributed by atoms with Gasteiger partial charge in [-0.25, -0.2) is 4.39 Å². The van der Waals surface area contributed by atoms with Crippen molar-refractivity contribution in [3.63, 3.8) is 0 Å². The summed E-state index contributed by atoms with van der Waals surface area (Å²) in [5, 5.41) is -0.485. The molecule has 1 aliphatic heterocycles. The number of hydrogen-bond acceptors (Lipinski definition) is 1. The molecule has 0 saturated carbocycles. The van der Waals surface area contributed by atoms with Gasteiger partial charge in [0.05, 0.1) is 10.4 Å². The molecule has 21 heavy (non-hydrogen) atoms. The molecule has 4 heteroatoms. The second-order valence-electron chi connectivity index (χ2n) is 5.91. The van der Waals surface area contributed by atoms with E-state index in [1.54, 1.807) is 12.1 Å². The van der Waals surface area contributed by atoms with Gasteiger partial charge in [0.25, 0.3) is 0 Å². The first-order chi connectivity index (χ1) is 9.87. The average Bonchev–Trinajstić information content (AvgIpc) is 2.73. The van der Waals surface area contributed by atoms with Gasteiger partial charge in [-0.3, -0.25) is 0 Å². The normalized spacial score (nSPS) is 17.2. The lowest BCUT2D eigenvalue weighted by Crippen LogP contribution is -2.24. The van der Waals surface area contributed by atoms with Gasteiger partial charge in [-0.05, 0) is 37.1 Å². The molecule has 1 aliphatic rings. The van der Waals surface area contributed by atoms with Crippen molar-refractivity contribution in [1.82, 2.24) is 0 Å². The predicted molar refractivity (Wildman–Crippen MR) is 84.0 cm³/mol. The zero-order chi connectivity index (χ0) is 15.2. The Morgan fingerprint density at radius 1 is 1.24 bits per heavy atom. The zero-order valence-corrected chi connectivity index (χ0v) is 13.3. The monoisotopic (exact) mass is 324 g/mol. The first-order valence-electron chi connectivity index (χ1n) is 6.77. The molecule has 0 amide bonds. The fourth-order valence-corrected chi connectivity index (χ4v) is 3.17. The van der Waals surface area contributed by atoms with Gasteiger partial charge in [-0.1, -0.05) is 35.9 Å². The molecule has 0 spiro atoms. The fraction of sp³-hybridized carbons (Fsp3) is 0.294. The van der Waals surface area contributed by atoms with Crippen LogP contribution in [0.1, 0.15) is 35.9 Å². The third kappa shape index (κ3) is 2.75. The number of benzene rings is 2. The van der Waals surface area contributed by atoms with Crippen LogP contribution in [0.3, 0.4) is 0 Å². The lowest BCUT2D eigenvalue weighted by Gasteiger charge is -2.16. The maximum atomic E-state index is 14.1. The van der Waals surface area contributed by atoms with E-state index in [1.165, 1.54) is 6.07 Å². The summed E-state index contributed by atoms with van der Waals surface area (Å²) in [4.78, 5) is 0. The molecule has 3 rings (SSSR count). The first kappa shape index (κ1) is 14.7. The highest BCUT2D eigenvalue weighted by Crippen LogP contribution is 2.39. The average molecular weight is 325 g/mol. The third-order valence-corrected chi connectivity index (χ3v) is 4.41. The Hall–Kier alpha value is -1.25. The number of alkyl halides is 1. The Morgan fingerprint density at radius 2 is 2.00 bits per heavy atom. The van der Waals surface area contributed by atoms with Crippen LogP contribution in [-0.2, 0) is 6.42 Å². The van der Waals surface area contributed by atoms with E-state index in [0.717, 1.165) is 23.3 Å². The molecule has 2 aromatic carbocycles. The van der Waals surface area contributed by atoms with Crippen LogP contribution in [0.4, 0.5) is 4.39 Å². The lowest BCUT2D eigenvalue weighted by molar-refractivity contribution is 0.138. The van der Waals surface area contributed by atoms with Crippen molar-refractivity contribution < 1.29 is 9.13 Å². The highest BCUT2D eigenvalue weighted by atomic mass is 35.5. The smallest absolute Gasteiger partial charge is 0.146 e. The first-order valence-corrected chi connectivity index (χ1v) is 7.59. The summed E-state index contributed by atoms with van der Waals surface area (Å²) in [6.07, 6.45) is 0.817. The summed E-state index contributed by atoms with van der Waals surface area (Å²) >= 11 is 12.3. The van der Waals surface area contributed by atoms with Crippen LogP contribution >= 0.6 is 23.2 Å². The SMILES string of the molecule is CC1(C)Cc2cc(C(Cl)c3cccc(Cl)c3F)ccc2O1. The fourth-order valence-electron chi connectivity index (χ4n) is 2.68. The summed E-state index contributed by atoms with van der Waals surface area (Å²) in [5.74, 6) is 0.412. The molecule has 0 aliphatic carbocycles.